The zero-order chi connectivity index (χ0) is 20.6. The first kappa shape index (κ1) is 20.1. The largest absolute Gasteiger partial charge is 0.477 e. The molecular weight excluding hydrogens is 461 g/mol. The zero-order valence-electron chi connectivity index (χ0n) is 15.5. The van der Waals surface area contributed by atoms with Crippen molar-refractivity contribution in [2.45, 2.75) is 25.0 Å². The molecule has 1 aromatic heterocycles. The first-order valence-corrected chi connectivity index (χ1v) is 10.2. The number of nitrogens with zero attached hydrogens (tertiary/aromatic N) is 1. The number of hydrogen-bond donors (Lipinski definition) is 1. The molecule has 1 aliphatic rings. The monoisotopic (exact) mass is 477 g/mol. The number of aromatic nitrogens is 1. The molecule has 0 radical (unpaired) electrons. The highest BCUT2D eigenvalue weighted by molar-refractivity contribution is 9.10. The molecule has 2 aromatic carbocycles. The molecule has 0 aliphatic carbocycles. The summed E-state index contributed by atoms with van der Waals surface area (Å²) in [5, 5.41) is 10.3. The lowest BCUT2D eigenvalue weighted by molar-refractivity contribution is 0.00320. The van der Waals surface area contributed by atoms with Gasteiger partial charge in [-0.05, 0) is 27.6 Å². The van der Waals surface area contributed by atoms with Crippen LogP contribution in [0.1, 0.15) is 29.7 Å². The quantitative estimate of drug-likeness (QED) is 0.485. The average molecular weight is 479 g/mol. The molecule has 0 saturated carbocycles. The van der Waals surface area contributed by atoms with Crippen molar-refractivity contribution in [3.63, 3.8) is 0 Å². The Hall–Kier alpha value is -2.15. The maximum Gasteiger partial charge on any atom is 0.213 e. The lowest BCUT2D eigenvalue weighted by Gasteiger charge is -2.30. The molecule has 0 spiro atoms. The molecule has 7 heteroatoms. The van der Waals surface area contributed by atoms with E-state index in [9.17, 15) is 9.50 Å². The molecule has 1 aliphatic heterocycles. The molecule has 0 saturated heterocycles. The lowest BCUT2D eigenvalue weighted by Crippen LogP contribution is -2.39. The number of pyridine rings is 1. The molecule has 4 nitrogen and oxygen atoms in total. The van der Waals surface area contributed by atoms with Gasteiger partial charge < -0.3 is 14.6 Å². The van der Waals surface area contributed by atoms with Crippen molar-refractivity contribution < 1.29 is 19.0 Å². The third-order valence-electron chi connectivity index (χ3n) is 5.21. The summed E-state index contributed by atoms with van der Waals surface area (Å²) in [5.41, 5.74) is 1.04. The van der Waals surface area contributed by atoms with Crippen LogP contribution in [-0.2, 0) is 12.2 Å². The van der Waals surface area contributed by atoms with E-state index in [2.05, 4.69) is 20.9 Å². The number of aliphatic hydroxyl groups is 1. The summed E-state index contributed by atoms with van der Waals surface area (Å²) in [6.07, 6.45) is 0. The van der Waals surface area contributed by atoms with Crippen LogP contribution in [0, 0.1) is 5.82 Å². The van der Waals surface area contributed by atoms with Gasteiger partial charge >= 0.3 is 0 Å². The van der Waals surface area contributed by atoms with Crippen molar-refractivity contribution >= 4 is 27.5 Å². The van der Waals surface area contributed by atoms with Gasteiger partial charge in [-0.3, -0.25) is 0 Å². The van der Waals surface area contributed by atoms with E-state index in [0.29, 0.717) is 34.0 Å². The molecule has 0 fully saturated rings. The normalized spacial score (nSPS) is 20.2. The van der Waals surface area contributed by atoms with Crippen LogP contribution >= 0.6 is 27.5 Å². The van der Waals surface area contributed by atoms with Crippen molar-refractivity contribution in [1.29, 1.82) is 0 Å². The third-order valence-corrected chi connectivity index (χ3v) is 6.63. The molecule has 2 heterocycles. The van der Waals surface area contributed by atoms with Crippen molar-refractivity contribution in [1.82, 2.24) is 4.98 Å². The molecule has 4 rings (SSSR count). The highest BCUT2D eigenvalue weighted by Crippen LogP contribution is 2.54. The Kier molecular flexibility index (Phi) is 5.51. The molecule has 3 aromatic rings. The zero-order valence-corrected chi connectivity index (χ0v) is 17.9. The minimum Gasteiger partial charge on any atom is -0.477 e. The van der Waals surface area contributed by atoms with Crippen LogP contribution < -0.4 is 9.47 Å². The first-order valence-electron chi connectivity index (χ1n) is 9.08. The van der Waals surface area contributed by atoms with Crippen LogP contribution in [0.5, 0.6) is 11.6 Å². The Balaban J connectivity index is 1.67. The van der Waals surface area contributed by atoms with E-state index in [1.54, 1.807) is 18.2 Å². The molecule has 0 amide bonds. The number of rotatable bonds is 5. The standard InChI is InChI=1S/C22H18BrClFNO3/c1-13-19-16(10-15(25)21(24)20(19)23)29-22(13,12-27)17-8-5-9-18(26-17)28-11-14-6-3-2-4-7-14/h2-10,13,27H,11-12H2,1H3/t13-,22-/m1/s1. The maximum atomic E-state index is 14.1. The Morgan fingerprint density at radius 2 is 2.00 bits per heavy atom. The smallest absolute Gasteiger partial charge is 0.213 e. The van der Waals surface area contributed by atoms with Crippen molar-refractivity contribution in [3.05, 3.63) is 86.7 Å². The molecule has 1 N–H and O–H groups in total. The fourth-order valence-corrected chi connectivity index (χ4v) is 4.46. The van der Waals surface area contributed by atoms with Crippen molar-refractivity contribution in [3.8, 4) is 11.6 Å². The van der Waals surface area contributed by atoms with Crippen LogP contribution in [0.25, 0.3) is 0 Å². The number of benzene rings is 2. The van der Waals surface area contributed by atoms with Crippen LogP contribution in [0.2, 0.25) is 5.02 Å². The first-order chi connectivity index (χ1) is 14.0. The third kappa shape index (κ3) is 3.50. The summed E-state index contributed by atoms with van der Waals surface area (Å²) in [6.45, 7) is 1.91. The number of halogens is 3. The molecular formula is C22H18BrClFNO3. The maximum absolute atomic E-state index is 14.1. The van der Waals surface area contributed by atoms with Gasteiger partial charge in [0.2, 0.25) is 5.88 Å². The number of hydrogen-bond acceptors (Lipinski definition) is 4. The molecule has 2 atom stereocenters. The van der Waals surface area contributed by atoms with Gasteiger partial charge in [-0.2, -0.15) is 0 Å². The van der Waals surface area contributed by atoms with E-state index < -0.39 is 11.4 Å². The van der Waals surface area contributed by atoms with Gasteiger partial charge in [-0.15, -0.1) is 0 Å². The van der Waals surface area contributed by atoms with Crippen LogP contribution in [0.15, 0.2) is 59.1 Å². The van der Waals surface area contributed by atoms with E-state index in [-0.39, 0.29) is 17.5 Å². The van der Waals surface area contributed by atoms with Gasteiger partial charge in [0.25, 0.3) is 0 Å². The molecule has 150 valence electrons. The summed E-state index contributed by atoms with van der Waals surface area (Å²) in [5.74, 6) is -0.176. The highest BCUT2D eigenvalue weighted by atomic mass is 79.9. The van der Waals surface area contributed by atoms with Crippen molar-refractivity contribution in [2.75, 3.05) is 6.61 Å². The fraction of sp³-hybridized carbons (Fsp3) is 0.227. The van der Waals surface area contributed by atoms with E-state index >= 15 is 0 Å². The SMILES string of the molecule is C[C@@H]1c2c(cc(F)c(Cl)c2Br)O[C@@]1(CO)c1cccc(OCc2ccccc2)n1. The number of aliphatic hydroxyl groups excluding tert-OH is 1. The van der Waals surface area contributed by atoms with Gasteiger partial charge in [-0.25, -0.2) is 9.37 Å². The minimum atomic E-state index is -1.17. The number of fused-ring (bicyclic) bond motifs is 1. The van der Waals surface area contributed by atoms with Gasteiger partial charge in [0.05, 0.1) is 17.3 Å². The van der Waals surface area contributed by atoms with Gasteiger partial charge in [0.1, 0.15) is 18.2 Å². The molecule has 0 bridgehead atoms. The Morgan fingerprint density at radius 1 is 1.24 bits per heavy atom. The van der Waals surface area contributed by atoms with Crippen molar-refractivity contribution in [2.24, 2.45) is 0 Å². The highest BCUT2D eigenvalue weighted by Gasteiger charge is 2.50. The summed E-state index contributed by atoms with van der Waals surface area (Å²) in [6, 6.07) is 16.3. The van der Waals surface area contributed by atoms with E-state index in [1.807, 2.05) is 37.3 Å². The van der Waals surface area contributed by atoms with Crippen LogP contribution in [0.4, 0.5) is 4.39 Å². The fourth-order valence-electron chi connectivity index (χ4n) is 3.58. The van der Waals surface area contributed by atoms with E-state index in [0.717, 1.165) is 5.56 Å². The van der Waals surface area contributed by atoms with E-state index in [1.165, 1.54) is 6.07 Å². The summed E-state index contributed by atoms with van der Waals surface area (Å²) in [4.78, 5) is 4.57. The molecule has 29 heavy (non-hydrogen) atoms. The predicted molar refractivity (Wildman–Crippen MR) is 112 cm³/mol. The number of ether oxygens (including phenoxy) is 2. The summed E-state index contributed by atoms with van der Waals surface area (Å²) >= 11 is 9.42. The summed E-state index contributed by atoms with van der Waals surface area (Å²) < 4.78 is 26.4. The van der Waals surface area contributed by atoms with Gasteiger partial charge in [0, 0.05) is 28.1 Å². The second-order valence-electron chi connectivity index (χ2n) is 6.90. The van der Waals surface area contributed by atoms with Crippen LogP contribution in [0.3, 0.4) is 0 Å². The Labute approximate surface area is 181 Å². The summed E-state index contributed by atoms with van der Waals surface area (Å²) in [7, 11) is 0. The Morgan fingerprint density at radius 3 is 2.72 bits per heavy atom. The van der Waals surface area contributed by atoms with E-state index in [4.69, 9.17) is 21.1 Å². The molecule has 0 unspecified atom stereocenters. The minimum absolute atomic E-state index is 0.0131. The second-order valence-corrected chi connectivity index (χ2v) is 8.08. The van der Waals surface area contributed by atoms with Gasteiger partial charge in [0.15, 0.2) is 5.60 Å². The Bertz CT molecular complexity index is 1050. The average Bonchev–Trinajstić information content (AvgIpc) is 3.04. The predicted octanol–water partition coefficient (Wildman–Crippen LogP) is 5.60. The van der Waals surface area contributed by atoms with Gasteiger partial charge in [-0.1, -0.05) is 54.9 Å². The topological polar surface area (TPSA) is 51.6 Å². The van der Waals surface area contributed by atoms with Crippen LogP contribution in [-0.4, -0.2) is 16.7 Å². The second kappa shape index (κ2) is 7.94. The lowest BCUT2D eigenvalue weighted by atomic mass is 9.83.